The molecular formula is C14H17ClN4O. The van der Waals surface area contributed by atoms with Gasteiger partial charge in [-0.05, 0) is 37.7 Å². The fraction of sp³-hybridized carbons (Fsp3) is 0.286. The summed E-state index contributed by atoms with van der Waals surface area (Å²) in [5.41, 5.74) is 2.49. The summed E-state index contributed by atoms with van der Waals surface area (Å²) in [5, 5.41) is 10.6. The summed E-state index contributed by atoms with van der Waals surface area (Å²) in [5.74, 6) is -0.133. The molecule has 2 aromatic rings. The number of anilines is 1. The van der Waals surface area contributed by atoms with Gasteiger partial charge < -0.3 is 10.6 Å². The van der Waals surface area contributed by atoms with Crippen LogP contribution in [0.4, 0.5) is 5.69 Å². The van der Waals surface area contributed by atoms with Crippen LogP contribution in [-0.2, 0) is 11.8 Å². The summed E-state index contributed by atoms with van der Waals surface area (Å²) in [6.45, 7) is 1.90. The lowest BCUT2D eigenvalue weighted by molar-refractivity contribution is -0.118. The third-order valence-electron chi connectivity index (χ3n) is 3.06. The molecule has 106 valence electrons. The first kappa shape index (κ1) is 14.6. The summed E-state index contributed by atoms with van der Waals surface area (Å²) >= 11 is 5.91. The minimum Gasteiger partial charge on any atom is -0.324 e. The zero-order chi connectivity index (χ0) is 14.7. The molecule has 0 aliphatic carbocycles. The van der Waals surface area contributed by atoms with Gasteiger partial charge in [-0.2, -0.15) is 5.10 Å². The molecule has 0 fully saturated rings. The second kappa shape index (κ2) is 6.07. The lowest BCUT2D eigenvalue weighted by atomic mass is 10.1. The maximum atomic E-state index is 12.3. The number of benzene rings is 1. The first-order chi connectivity index (χ1) is 9.51. The monoisotopic (exact) mass is 292 g/mol. The summed E-state index contributed by atoms with van der Waals surface area (Å²) < 4.78 is 1.67. The summed E-state index contributed by atoms with van der Waals surface area (Å²) in [7, 11) is 3.56. The Balaban J connectivity index is 2.17. The molecule has 6 heteroatoms. The van der Waals surface area contributed by atoms with Crippen LogP contribution in [0, 0.1) is 6.92 Å². The van der Waals surface area contributed by atoms with Gasteiger partial charge in [-0.15, -0.1) is 0 Å². The van der Waals surface area contributed by atoms with Crippen LogP contribution in [0.15, 0.2) is 30.6 Å². The molecule has 0 bridgehead atoms. The number of nitrogens with zero attached hydrogens (tertiary/aromatic N) is 2. The number of nitrogens with one attached hydrogen (secondary N) is 2. The van der Waals surface area contributed by atoms with Crippen LogP contribution in [0.25, 0.3) is 0 Å². The van der Waals surface area contributed by atoms with Gasteiger partial charge in [0.1, 0.15) is 6.04 Å². The predicted octanol–water partition coefficient (Wildman–Crippen LogP) is 2.28. The van der Waals surface area contributed by atoms with E-state index < -0.39 is 6.04 Å². The Morgan fingerprint density at radius 3 is 2.75 bits per heavy atom. The Labute approximate surface area is 122 Å². The fourth-order valence-electron chi connectivity index (χ4n) is 2.01. The molecule has 1 aromatic heterocycles. The van der Waals surface area contributed by atoms with Crippen molar-refractivity contribution in [1.82, 2.24) is 15.1 Å². The van der Waals surface area contributed by atoms with Crippen molar-refractivity contribution < 1.29 is 4.79 Å². The highest BCUT2D eigenvalue weighted by molar-refractivity contribution is 6.30. The predicted molar refractivity (Wildman–Crippen MR) is 79.8 cm³/mol. The average molecular weight is 293 g/mol. The number of aromatic nitrogens is 2. The molecule has 0 saturated carbocycles. The molecule has 1 heterocycles. The Morgan fingerprint density at radius 2 is 2.20 bits per heavy atom. The van der Waals surface area contributed by atoms with Gasteiger partial charge in [0.25, 0.3) is 0 Å². The molecule has 0 saturated heterocycles. The Kier molecular flexibility index (Phi) is 4.42. The molecule has 0 aliphatic rings. The largest absolute Gasteiger partial charge is 0.324 e. The minimum absolute atomic E-state index is 0.133. The number of rotatable bonds is 4. The van der Waals surface area contributed by atoms with E-state index in [1.54, 1.807) is 30.1 Å². The van der Waals surface area contributed by atoms with E-state index in [-0.39, 0.29) is 5.91 Å². The van der Waals surface area contributed by atoms with Crippen molar-refractivity contribution in [3.8, 4) is 0 Å². The second-order valence-corrected chi connectivity index (χ2v) is 5.05. The van der Waals surface area contributed by atoms with Crippen molar-refractivity contribution in [1.29, 1.82) is 0 Å². The normalized spacial score (nSPS) is 12.2. The summed E-state index contributed by atoms with van der Waals surface area (Å²) in [6.07, 6.45) is 3.49. The third kappa shape index (κ3) is 3.18. The number of hydrogen-bond acceptors (Lipinski definition) is 3. The molecule has 1 atom stereocenters. The van der Waals surface area contributed by atoms with E-state index in [9.17, 15) is 4.79 Å². The molecule has 5 nitrogen and oxygen atoms in total. The van der Waals surface area contributed by atoms with Crippen LogP contribution in [0.3, 0.4) is 0 Å². The van der Waals surface area contributed by atoms with E-state index in [1.807, 2.05) is 26.2 Å². The molecular weight excluding hydrogens is 276 g/mol. The first-order valence-corrected chi connectivity index (χ1v) is 6.62. The van der Waals surface area contributed by atoms with Crippen molar-refractivity contribution in [2.75, 3.05) is 12.4 Å². The van der Waals surface area contributed by atoms with Gasteiger partial charge in [0.05, 0.1) is 6.20 Å². The zero-order valence-corrected chi connectivity index (χ0v) is 12.4. The van der Waals surface area contributed by atoms with Crippen molar-refractivity contribution in [3.63, 3.8) is 0 Å². The van der Waals surface area contributed by atoms with Crippen LogP contribution >= 0.6 is 11.6 Å². The molecule has 1 unspecified atom stereocenters. The number of carbonyl (C=O) groups is 1. The number of likely N-dealkylation sites (N-methyl/N-ethyl adjacent to an activating group) is 1. The van der Waals surface area contributed by atoms with Crippen molar-refractivity contribution >= 4 is 23.2 Å². The number of aryl methyl sites for hydroxylation is 2. The van der Waals surface area contributed by atoms with Crippen LogP contribution in [0.5, 0.6) is 0 Å². The van der Waals surface area contributed by atoms with E-state index in [1.165, 1.54) is 0 Å². The molecule has 0 radical (unpaired) electrons. The smallest absolute Gasteiger partial charge is 0.246 e. The van der Waals surface area contributed by atoms with Crippen LogP contribution in [-0.4, -0.2) is 22.7 Å². The molecule has 20 heavy (non-hydrogen) atoms. The highest BCUT2D eigenvalue weighted by atomic mass is 35.5. The van der Waals surface area contributed by atoms with Gasteiger partial charge in [-0.25, -0.2) is 0 Å². The average Bonchev–Trinajstić information content (AvgIpc) is 2.80. The molecule has 2 rings (SSSR count). The van der Waals surface area contributed by atoms with Gasteiger partial charge in [0, 0.05) is 29.5 Å². The highest BCUT2D eigenvalue weighted by Gasteiger charge is 2.20. The topological polar surface area (TPSA) is 59.0 Å². The highest BCUT2D eigenvalue weighted by Crippen LogP contribution is 2.21. The Bertz CT molecular complexity index is 623. The Morgan fingerprint density at radius 1 is 1.45 bits per heavy atom. The van der Waals surface area contributed by atoms with E-state index in [4.69, 9.17) is 11.6 Å². The number of carbonyl (C=O) groups excluding carboxylic acids is 1. The number of amides is 1. The van der Waals surface area contributed by atoms with Crippen LogP contribution in [0.2, 0.25) is 5.02 Å². The van der Waals surface area contributed by atoms with Gasteiger partial charge in [-0.3, -0.25) is 9.48 Å². The standard InChI is InChI=1S/C14H17ClN4O/c1-9-6-11(15)4-5-12(9)18-14(20)13(16-2)10-7-17-19(3)8-10/h4-8,13,16H,1-3H3,(H,18,20). The summed E-state index contributed by atoms with van der Waals surface area (Å²) in [6, 6.07) is 4.92. The molecule has 1 aromatic carbocycles. The van der Waals surface area contributed by atoms with E-state index in [0.29, 0.717) is 5.02 Å². The molecule has 0 spiro atoms. The second-order valence-electron chi connectivity index (χ2n) is 4.62. The number of halogens is 1. The van der Waals surface area contributed by atoms with Crippen LogP contribution in [0.1, 0.15) is 17.2 Å². The lowest BCUT2D eigenvalue weighted by Gasteiger charge is -2.15. The molecule has 2 N–H and O–H groups in total. The third-order valence-corrected chi connectivity index (χ3v) is 3.29. The van der Waals surface area contributed by atoms with Crippen molar-refractivity contribution in [3.05, 3.63) is 46.7 Å². The van der Waals surface area contributed by atoms with E-state index in [2.05, 4.69) is 15.7 Å². The first-order valence-electron chi connectivity index (χ1n) is 6.24. The van der Waals surface area contributed by atoms with Gasteiger partial charge in [0.2, 0.25) is 5.91 Å². The van der Waals surface area contributed by atoms with Gasteiger partial charge in [-0.1, -0.05) is 11.6 Å². The quantitative estimate of drug-likeness (QED) is 0.909. The fourth-order valence-corrected chi connectivity index (χ4v) is 2.24. The van der Waals surface area contributed by atoms with Crippen molar-refractivity contribution in [2.24, 2.45) is 7.05 Å². The van der Waals surface area contributed by atoms with Gasteiger partial charge >= 0.3 is 0 Å². The van der Waals surface area contributed by atoms with E-state index in [0.717, 1.165) is 16.8 Å². The van der Waals surface area contributed by atoms with Crippen molar-refractivity contribution in [2.45, 2.75) is 13.0 Å². The zero-order valence-electron chi connectivity index (χ0n) is 11.6. The SMILES string of the molecule is CNC(C(=O)Nc1ccc(Cl)cc1C)c1cnn(C)c1. The molecule has 0 aliphatic heterocycles. The number of hydrogen-bond donors (Lipinski definition) is 2. The minimum atomic E-state index is -0.446. The summed E-state index contributed by atoms with van der Waals surface area (Å²) in [4.78, 5) is 12.3. The lowest BCUT2D eigenvalue weighted by Crippen LogP contribution is -2.30. The molecule has 1 amide bonds. The van der Waals surface area contributed by atoms with E-state index >= 15 is 0 Å². The maximum absolute atomic E-state index is 12.3. The van der Waals surface area contributed by atoms with Gasteiger partial charge in [0.15, 0.2) is 0 Å². The maximum Gasteiger partial charge on any atom is 0.246 e. The van der Waals surface area contributed by atoms with Crippen LogP contribution < -0.4 is 10.6 Å². The Hall–Kier alpha value is -1.85.